The molecule has 1 saturated heterocycles. The van der Waals surface area contributed by atoms with E-state index in [1.54, 1.807) is 0 Å². The summed E-state index contributed by atoms with van der Waals surface area (Å²) >= 11 is 0. The molecule has 0 saturated carbocycles. The molecule has 1 aromatic rings. The van der Waals surface area contributed by atoms with E-state index in [0.717, 1.165) is 17.1 Å². The zero-order valence-corrected chi connectivity index (χ0v) is 11.9. The third kappa shape index (κ3) is 3.76. The van der Waals surface area contributed by atoms with E-state index in [1.807, 2.05) is 24.9 Å². The van der Waals surface area contributed by atoms with Crippen LogP contribution in [-0.2, 0) is 13.1 Å². The lowest BCUT2D eigenvalue weighted by Crippen LogP contribution is -2.41. The van der Waals surface area contributed by atoms with Gasteiger partial charge in [0, 0.05) is 18.7 Å². The van der Waals surface area contributed by atoms with Crippen LogP contribution in [0, 0.1) is 12.8 Å². The highest BCUT2D eigenvalue weighted by atomic mass is 19.4. The van der Waals surface area contributed by atoms with Crippen molar-refractivity contribution in [2.24, 2.45) is 5.92 Å². The number of aryl methyl sites for hydroxylation is 1. The lowest BCUT2D eigenvalue weighted by atomic mass is 9.97. The molecule has 0 aliphatic carbocycles. The van der Waals surface area contributed by atoms with Crippen molar-refractivity contribution in [3.05, 3.63) is 23.2 Å². The molecule has 6 heteroatoms. The number of hydrogen-bond donors (Lipinski definition) is 1. The SMILES string of the molecule is CNCc1cc(CN2CCCC(C(F)(F)F)C2)oc1C. The van der Waals surface area contributed by atoms with Crippen LogP contribution in [0.15, 0.2) is 10.5 Å². The molecular weight excluding hydrogens is 269 g/mol. The van der Waals surface area contributed by atoms with E-state index in [2.05, 4.69) is 5.32 Å². The Morgan fingerprint density at radius 1 is 1.45 bits per heavy atom. The number of alkyl halides is 3. The normalized spacial score (nSPS) is 21.4. The van der Waals surface area contributed by atoms with Crippen molar-refractivity contribution >= 4 is 0 Å². The minimum absolute atomic E-state index is 0.0740. The summed E-state index contributed by atoms with van der Waals surface area (Å²) in [7, 11) is 1.85. The molecule has 3 nitrogen and oxygen atoms in total. The van der Waals surface area contributed by atoms with Crippen molar-refractivity contribution in [2.45, 2.75) is 39.0 Å². The molecule has 0 radical (unpaired) electrons. The number of nitrogens with zero attached hydrogens (tertiary/aromatic N) is 1. The summed E-state index contributed by atoms with van der Waals surface area (Å²) in [5, 5.41) is 3.05. The van der Waals surface area contributed by atoms with Gasteiger partial charge in [-0.2, -0.15) is 13.2 Å². The molecule has 2 heterocycles. The van der Waals surface area contributed by atoms with E-state index in [0.29, 0.717) is 26.1 Å². The molecule has 1 fully saturated rings. The van der Waals surface area contributed by atoms with Crippen LogP contribution < -0.4 is 5.32 Å². The molecule has 2 rings (SSSR count). The minimum atomic E-state index is -4.09. The van der Waals surface area contributed by atoms with E-state index < -0.39 is 12.1 Å². The molecular formula is C14H21F3N2O. The van der Waals surface area contributed by atoms with Crippen molar-refractivity contribution < 1.29 is 17.6 Å². The number of piperidine rings is 1. The van der Waals surface area contributed by atoms with Gasteiger partial charge in [-0.05, 0) is 39.4 Å². The van der Waals surface area contributed by atoms with E-state index >= 15 is 0 Å². The highest BCUT2D eigenvalue weighted by Gasteiger charge is 2.41. The van der Waals surface area contributed by atoms with Gasteiger partial charge in [-0.3, -0.25) is 4.90 Å². The molecule has 1 atom stereocenters. The largest absolute Gasteiger partial charge is 0.465 e. The zero-order chi connectivity index (χ0) is 14.8. The smallest absolute Gasteiger partial charge is 0.393 e. The molecule has 1 aliphatic rings. The number of halogens is 3. The van der Waals surface area contributed by atoms with Gasteiger partial charge in [0.25, 0.3) is 0 Å². The van der Waals surface area contributed by atoms with Gasteiger partial charge in [0.2, 0.25) is 0 Å². The Hall–Kier alpha value is -1.01. The molecule has 1 N–H and O–H groups in total. The highest BCUT2D eigenvalue weighted by Crippen LogP contribution is 2.33. The first-order valence-corrected chi connectivity index (χ1v) is 6.92. The van der Waals surface area contributed by atoms with Crippen molar-refractivity contribution in [3.63, 3.8) is 0 Å². The van der Waals surface area contributed by atoms with Gasteiger partial charge < -0.3 is 9.73 Å². The van der Waals surface area contributed by atoms with Crippen molar-refractivity contribution in [2.75, 3.05) is 20.1 Å². The zero-order valence-electron chi connectivity index (χ0n) is 11.9. The van der Waals surface area contributed by atoms with Crippen LogP contribution in [0.4, 0.5) is 13.2 Å². The molecule has 1 aromatic heterocycles. The molecule has 0 amide bonds. The van der Waals surface area contributed by atoms with Gasteiger partial charge in [-0.25, -0.2) is 0 Å². The first kappa shape index (κ1) is 15.4. The minimum Gasteiger partial charge on any atom is -0.465 e. The quantitative estimate of drug-likeness (QED) is 0.923. The fourth-order valence-corrected chi connectivity index (χ4v) is 2.72. The second-order valence-corrected chi connectivity index (χ2v) is 5.44. The number of hydrogen-bond acceptors (Lipinski definition) is 3. The van der Waals surface area contributed by atoms with E-state index in [9.17, 15) is 13.2 Å². The number of furan rings is 1. The standard InChI is InChI=1S/C14H21F3N2O/c1-10-11(7-18-2)6-13(20-10)9-19-5-3-4-12(8-19)14(15,16)17/h6,12,18H,3-5,7-9H2,1-2H3. The highest BCUT2D eigenvalue weighted by molar-refractivity contribution is 5.20. The van der Waals surface area contributed by atoms with Crippen LogP contribution in [0.2, 0.25) is 0 Å². The predicted octanol–water partition coefficient (Wildman–Crippen LogP) is 3.08. The Labute approximate surface area is 117 Å². The van der Waals surface area contributed by atoms with Gasteiger partial charge in [0.15, 0.2) is 0 Å². The van der Waals surface area contributed by atoms with Crippen LogP contribution in [0.1, 0.15) is 29.9 Å². The summed E-state index contributed by atoms with van der Waals surface area (Å²) in [5.74, 6) is 0.374. The van der Waals surface area contributed by atoms with Crippen LogP contribution in [-0.4, -0.2) is 31.2 Å². The Bertz CT molecular complexity index is 442. The monoisotopic (exact) mass is 290 g/mol. The molecule has 1 unspecified atom stereocenters. The lowest BCUT2D eigenvalue weighted by molar-refractivity contribution is -0.187. The maximum atomic E-state index is 12.8. The third-order valence-corrected chi connectivity index (χ3v) is 3.79. The fourth-order valence-electron chi connectivity index (χ4n) is 2.72. The fraction of sp³-hybridized carbons (Fsp3) is 0.714. The second-order valence-electron chi connectivity index (χ2n) is 5.44. The van der Waals surface area contributed by atoms with E-state index in [-0.39, 0.29) is 13.0 Å². The first-order valence-electron chi connectivity index (χ1n) is 6.92. The molecule has 0 aromatic carbocycles. The summed E-state index contributed by atoms with van der Waals surface area (Å²) in [6.45, 7) is 3.82. The Morgan fingerprint density at radius 2 is 2.20 bits per heavy atom. The van der Waals surface area contributed by atoms with E-state index in [4.69, 9.17) is 4.42 Å². The second kappa shape index (κ2) is 6.18. The molecule has 114 valence electrons. The van der Waals surface area contributed by atoms with Gasteiger partial charge in [0.05, 0.1) is 12.5 Å². The van der Waals surface area contributed by atoms with Crippen LogP contribution in [0.3, 0.4) is 0 Å². The topological polar surface area (TPSA) is 28.4 Å². The average Bonchev–Trinajstić information content (AvgIpc) is 2.69. The third-order valence-electron chi connectivity index (χ3n) is 3.79. The van der Waals surface area contributed by atoms with Crippen LogP contribution >= 0.6 is 0 Å². The molecule has 0 spiro atoms. The molecule has 0 bridgehead atoms. The molecule has 20 heavy (non-hydrogen) atoms. The van der Waals surface area contributed by atoms with Crippen molar-refractivity contribution in [3.8, 4) is 0 Å². The van der Waals surface area contributed by atoms with Crippen LogP contribution in [0.25, 0.3) is 0 Å². The Morgan fingerprint density at radius 3 is 2.85 bits per heavy atom. The summed E-state index contributed by atoms with van der Waals surface area (Å²) in [5.41, 5.74) is 1.06. The average molecular weight is 290 g/mol. The number of rotatable bonds is 4. The summed E-state index contributed by atoms with van der Waals surface area (Å²) < 4.78 is 43.9. The Balaban J connectivity index is 1.97. The Kier molecular flexibility index (Phi) is 4.75. The summed E-state index contributed by atoms with van der Waals surface area (Å²) in [4.78, 5) is 1.84. The maximum Gasteiger partial charge on any atom is 0.393 e. The van der Waals surface area contributed by atoms with Crippen molar-refractivity contribution in [1.29, 1.82) is 0 Å². The molecule has 1 aliphatic heterocycles. The van der Waals surface area contributed by atoms with Crippen molar-refractivity contribution in [1.82, 2.24) is 10.2 Å². The lowest BCUT2D eigenvalue weighted by Gasteiger charge is -2.33. The van der Waals surface area contributed by atoms with Gasteiger partial charge in [-0.1, -0.05) is 0 Å². The maximum absolute atomic E-state index is 12.8. The summed E-state index contributed by atoms with van der Waals surface area (Å²) in [6.07, 6.45) is -3.26. The summed E-state index contributed by atoms with van der Waals surface area (Å²) in [6, 6.07) is 1.93. The predicted molar refractivity (Wildman–Crippen MR) is 70.3 cm³/mol. The van der Waals surface area contributed by atoms with Gasteiger partial charge >= 0.3 is 6.18 Å². The van der Waals surface area contributed by atoms with Gasteiger partial charge in [0.1, 0.15) is 11.5 Å². The number of likely N-dealkylation sites (tertiary alicyclic amines) is 1. The van der Waals surface area contributed by atoms with E-state index in [1.165, 1.54) is 0 Å². The van der Waals surface area contributed by atoms with Crippen LogP contribution in [0.5, 0.6) is 0 Å². The van der Waals surface area contributed by atoms with Gasteiger partial charge in [-0.15, -0.1) is 0 Å². The first-order chi connectivity index (χ1) is 9.40. The number of nitrogens with one attached hydrogen (secondary N) is 1.